The Morgan fingerprint density at radius 2 is 1.86 bits per heavy atom. The average molecular weight is 332 g/mol. The second kappa shape index (κ2) is 8.11. The van der Waals surface area contributed by atoms with Crippen molar-refractivity contribution < 1.29 is 22.9 Å². The van der Waals surface area contributed by atoms with Crippen molar-refractivity contribution in [3.05, 3.63) is 27.2 Å². The molecule has 0 unspecified atom stereocenters. The van der Waals surface area contributed by atoms with E-state index in [9.17, 15) is 9.59 Å². The van der Waals surface area contributed by atoms with Crippen molar-refractivity contribution in [3.63, 3.8) is 0 Å². The number of nitrogens with zero attached hydrogens (tertiary/aromatic N) is 4. The Hall–Kier alpha value is -1.64. The molecule has 0 aliphatic heterocycles. The number of imidazole rings is 1. The predicted molar refractivity (Wildman–Crippen MR) is 78.0 cm³/mol. The summed E-state index contributed by atoms with van der Waals surface area (Å²) in [5, 5.41) is 0. The summed E-state index contributed by atoms with van der Waals surface area (Å²) in [4.78, 5) is 28.2. The lowest BCUT2D eigenvalue weighted by Gasteiger charge is -2.07. The molecule has 0 bridgehead atoms. The Labute approximate surface area is 133 Å². The quantitative estimate of drug-likeness (QED) is 0.517. The van der Waals surface area contributed by atoms with Crippen LogP contribution in [-0.4, -0.2) is 38.4 Å². The molecule has 2 heterocycles. The van der Waals surface area contributed by atoms with Gasteiger partial charge in [0.05, 0.1) is 19.5 Å². The smallest absolute Gasteiger partial charge is 0.332 e. The first-order valence-corrected chi connectivity index (χ1v) is 7.05. The molecule has 0 saturated heterocycles. The molecule has 0 spiro atoms. The lowest BCUT2D eigenvalue weighted by Crippen LogP contribution is -3.00. The molecule has 124 valence electrons. The molecule has 9 heteroatoms. The van der Waals surface area contributed by atoms with Crippen molar-refractivity contribution >= 4 is 11.2 Å². The predicted octanol–water partition coefficient (Wildman–Crippen LogP) is -4.52. The third-order valence-electron chi connectivity index (χ3n) is 3.44. The third kappa shape index (κ3) is 3.57. The summed E-state index contributed by atoms with van der Waals surface area (Å²) in [6.45, 7) is 2.85. The maximum absolute atomic E-state index is 12.2. The van der Waals surface area contributed by atoms with E-state index in [1.807, 2.05) is 0 Å². The van der Waals surface area contributed by atoms with Crippen molar-refractivity contribution in [2.75, 3.05) is 19.8 Å². The first-order valence-electron chi connectivity index (χ1n) is 7.05. The van der Waals surface area contributed by atoms with Crippen LogP contribution in [0.3, 0.4) is 0 Å². The van der Waals surface area contributed by atoms with Gasteiger partial charge in [0.15, 0.2) is 11.2 Å². The zero-order valence-electron chi connectivity index (χ0n) is 12.9. The van der Waals surface area contributed by atoms with E-state index in [2.05, 4.69) is 10.7 Å². The van der Waals surface area contributed by atoms with E-state index in [1.54, 1.807) is 17.9 Å². The number of hydrogen-bond donors (Lipinski definition) is 1. The Morgan fingerprint density at radius 1 is 1.18 bits per heavy atom. The zero-order chi connectivity index (χ0) is 15.4. The topological polar surface area (TPSA) is 98.7 Å². The summed E-state index contributed by atoms with van der Waals surface area (Å²) in [6.07, 6.45) is 3.34. The van der Waals surface area contributed by atoms with E-state index >= 15 is 0 Å². The normalized spacial score (nSPS) is 10.9. The number of halogens is 1. The van der Waals surface area contributed by atoms with E-state index in [0.717, 1.165) is 24.0 Å². The number of ether oxygens (including phenoxy) is 1. The monoisotopic (exact) mass is 331 g/mol. The van der Waals surface area contributed by atoms with Crippen molar-refractivity contribution in [2.24, 2.45) is 14.1 Å². The molecule has 0 saturated carbocycles. The van der Waals surface area contributed by atoms with Crippen molar-refractivity contribution in [2.45, 2.75) is 19.4 Å². The number of aromatic nitrogens is 4. The van der Waals surface area contributed by atoms with Gasteiger partial charge in [0, 0.05) is 33.7 Å². The maximum Gasteiger partial charge on any atom is 0.332 e. The number of rotatable bonds is 7. The lowest BCUT2D eigenvalue weighted by molar-refractivity contribution is -0.369. The van der Waals surface area contributed by atoms with Crippen LogP contribution in [0.2, 0.25) is 0 Å². The van der Waals surface area contributed by atoms with Crippen LogP contribution in [0, 0.1) is 0 Å². The fraction of sp³-hybridized carbons (Fsp3) is 0.615. The van der Waals surface area contributed by atoms with Gasteiger partial charge in [0.2, 0.25) is 0 Å². The first-order chi connectivity index (χ1) is 10.1. The van der Waals surface area contributed by atoms with Crippen molar-refractivity contribution in [1.29, 1.82) is 0 Å². The summed E-state index contributed by atoms with van der Waals surface area (Å²) in [5.41, 5.74) is 3.95. The second-order valence-electron chi connectivity index (χ2n) is 4.99. The Bertz CT molecular complexity index is 734. The molecule has 0 atom stereocenters. The molecule has 2 aromatic rings. The number of quaternary nitrogens is 1. The highest BCUT2D eigenvalue weighted by Gasteiger charge is 2.13. The van der Waals surface area contributed by atoms with Crippen molar-refractivity contribution in [1.82, 2.24) is 18.7 Å². The van der Waals surface area contributed by atoms with Crippen molar-refractivity contribution in [3.8, 4) is 0 Å². The van der Waals surface area contributed by atoms with Crippen LogP contribution in [0.1, 0.15) is 12.8 Å². The molecule has 22 heavy (non-hydrogen) atoms. The van der Waals surface area contributed by atoms with Gasteiger partial charge in [0.1, 0.15) is 0 Å². The standard InChI is InChI=1S/C13H21N5O3.ClH/c1-16-11-10(12(19)17(2)13(16)20)18(9-15-11)6-4-8-21-7-3-5-14;/h9H,3-8,14H2,1-2H3;1H. The molecule has 0 fully saturated rings. The minimum absolute atomic E-state index is 0. The van der Waals surface area contributed by atoms with Gasteiger partial charge in [-0.3, -0.25) is 13.9 Å². The van der Waals surface area contributed by atoms with Gasteiger partial charge < -0.3 is 27.4 Å². The highest BCUT2D eigenvalue weighted by molar-refractivity contribution is 5.69. The molecule has 0 aromatic carbocycles. The zero-order valence-corrected chi connectivity index (χ0v) is 13.7. The minimum Gasteiger partial charge on any atom is -1.00 e. The Morgan fingerprint density at radius 3 is 2.55 bits per heavy atom. The summed E-state index contributed by atoms with van der Waals surface area (Å²) in [7, 11) is 3.09. The second-order valence-corrected chi connectivity index (χ2v) is 4.99. The fourth-order valence-electron chi connectivity index (χ4n) is 2.21. The highest BCUT2D eigenvalue weighted by Crippen LogP contribution is 2.06. The van der Waals surface area contributed by atoms with Gasteiger partial charge >= 0.3 is 5.69 Å². The molecule has 2 rings (SSSR count). The molecular formula is C13H22ClN5O3. The minimum atomic E-state index is -0.366. The van der Waals surface area contributed by atoms with Crippen LogP contribution in [-0.2, 0) is 25.4 Å². The van der Waals surface area contributed by atoms with Crippen LogP contribution in [0.15, 0.2) is 15.9 Å². The molecular weight excluding hydrogens is 310 g/mol. The maximum atomic E-state index is 12.2. The van der Waals surface area contributed by atoms with E-state index in [4.69, 9.17) is 4.74 Å². The summed E-state index contributed by atoms with van der Waals surface area (Å²) >= 11 is 0. The highest BCUT2D eigenvalue weighted by atomic mass is 35.5. The van der Waals surface area contributed by atoms with E-state index in [0.29, 0.717) is 30.9 Å². The Kier molecular flexibility index (Phi) is 6.79. The first kappa shape index (κ1) is 18.4. The van der Waals surface area contributed by atoms with E-state index < -0.39 is 0 Å². The molecule has 0 aliphatic rings. The van der Waals surface area contributed by atoms with Gasteiger partial charge in [-0.05, 0) is 6.42 Å². The summed E-state index contributed by atoms with van der Waals surface area (Å²) in [5.74, 6) is 0. The van der Waals surface area contributed by atoms with Gasteiger partial charge in [-0.15, -0.1) is 0 Å². The number of aryl methyl sites for hydroxylation is 2. The molecule has 0 aliphatic carbocycles. The van der Waals surface area contributed by atoms with Gasteiger partial charge in [-0.1, -0.05) is 0 Å². The van der Waals surface area contributed by atoms with Crippen LogP contribution in [0.25, 0.3) is 11.2 Å². The molecule has 0 radical (unpaired) electrons. The summed E-state index contributed by atoms with van der Waals surface area (Å²) in [6, 6.07) is 0. The van der Waals surface area contributed by atoms with Crippen LogP contribution < -0.4 is 29.4 Å². The average Bonchev–Trinajstić information content (AvgIpc) is 2.90. The molecule has 2 aromatic heterocycles. The van der Waals surface area contributed by atoms with Crippen LogP contribution >= 0.6 is 0 Å². The third-order valence-corrected chi connectivity index (χ3v) is 3.44. The van der Waals surface area contributed by atoms with Crippen LogP contribution in [0.5, 0.6) is 0 Å². The SMILES string of the molecule is Cn1c(=O)c2c(ncn2CCCOCCC[NH3+])n(C)c1=O.[Cl-]. The van der Waals surface area contributed by atoms with Gasteiger partial charge in [0.25, 0.3) is 5.56 Å². The van der Waals surface area contributed by atoms with E-state index in [-0.39, 0.29) is 23.7 Å². The van der Waals surface area contributed by atoms with Crippen LogP contribution in [0.4, 0.5) is 0 Å². The van der Waals surface area contributed by atoms with Gasteiger partial charge in [-0.25, -0.2) is 9.78 Å². The lowest BCUT2D eigenvalue weighted by atomic mass is 10.4. The Balaban J connectivity index is 0.00000242. The molecule has 3 N–H and O–H groups in total. The van der Waals surface area contributed by atoms with Gasteiger partial charge in [-0.2, -0.15) is 0 Å². The summed E-state index contributed by atoms with van der Waals surface area (Å²) < 4.78 is 9.74. The molecule has 0 amide bonds. The number of hydrogen-bond acceptors (Lipinski definition) is 4. The number of fused-ring (bicyclic) bond motifs is 1. The van der Waals surface area contributed by atoms with E-state index in [1.165, 1.54) is 11.6 Å². The molecule has 8 nitrogen and oxygen atoms in total. The largest absolute Gasteiger partial charge is 1.00 e. The fourth-order valence-corrected chi connectivity index (χ4v) is 2.21.